The molecule has 1 N–H and O–H groups in total. The van der Waals surface area contributed by atoms with Gasteiger partial charge in [0.25, 0.3) is 0 Å². The first-order valence-electron chi connectivity index (χ1n) is 9.60. The Kier molecular flexibility index (Phi) is 5.34. The van der Waals surface area contributed by atoms with Crippen molar-refractivity contribution < 1.29 is 4.74 Å². The Labute approximate surface area is 151 Å². The molecule has 1 saturated heterocycles. The average Bonchev–Trinajstić information content (AvgIpc) is 3.44. The predicted octanol–water partition coefficient (Wildman–Crippen LogP) is 3.68. The van der Waals surface area contributed by atoms with E-state index in [-0.39, 0.29) is 0 Å². The molecule has 1 saturated carbocycles. The lowest BCUT2D eigenvalue weighted by Gasteiger charge is -2.32. The van der Waals surface area contributed by atoms with Crippen LogP contribution in [0.4, 0.5) is 0 Å². The molecule has 0 bridgehead atoms. The molecule has 1 aliphatic heterocycles. The highest BCUT2D eigenvalue weighted by Gasteiger charge is 2.39. The highest BCUT2D eigenvalue weighted by molar-refractivity contribution is 5.27. The fourth-order valence-corrected chi connectivity index (χ4v) is 3.88. The standard InChI is InChI=1S/C22H28N2O/c1-3-7-18(8-4-1)21-17-22(21)23-19-11-13-24(14-12-19)15-16-25-20-9-5-2-6-10-20/h1-10,19,21-23H,11-17H2/t21-,22+/m0/s1. The average molecular weight is 336 g/mol. The van der Waals surface area contributed by atoms with E-state index in [1.54, 1.807) is 0 Å². The summed E-state index contributed by atoms with van der Waals surface area (Å²) >= 11 is 0. The quantitative estimate of drug-likeness (QED) is 0.835. The first-order valence-corrected chi connectivity index (χ1v) is 9.60. The summed E-state index contributed by atoms with van der Waals surface area (Å²) in [5, 5.41) is 3.89. The normalized spacial score (nSPS) is 24.2. The molecule has 3 nitrogen and oxygen atoms in total. The van der Waals surface area contributed by atoms with Crippen LogP contribution in [0.2, 0.25) is 0 Å². The Balaban J connectivity index is 1.13. The largest absolute Gasteiger partial charge is 0.492 e. The van der Waals surface area contributed by atoms with E-state index in [0.717, 1.165) is 24.8 Å². The van der Waals surface area contributed by atoms with Crippen LogP contribution >= 0.6 is 0 Å². The number of para-hydroxylation sites is 1. The van der Waals surface area contributed by atoms with Crippen molar-refractivity contribution in [3.63, 3.8) is 0 Å². The van der Waals surface area contributed by atoms with Gasteiger partial charge in [-0.15, -0.1) is 0 Å². The number of rotatable bonds is 7. The molecular formula is C22H28N2O. The van der Waals surface area contributed by atoms with E-state index >= 15 is 0 Å². The van der Waals surface area contributed by atoms with Gasteiger partial charge in [0, 0.05) is 24.5 Å². The molecule has 0 radical (unpaired) electrons. The highest BCUT2D eigenvalue weighted by atomic mass is 16.5. The number of likely N-dealkylation sites (tertiary alicyclic amines) is 1. The lowest BCUT2D eigenvalue weighted by molar-refractivity contribution is 0.164. The highest BCUT2D eigenvalue weighted by Crippen LogP contribution is 2.41. The van der Waals surface area contributed by atoms with Gasteiger partial charge in [0.15, 0.2) is 0 Å². The summed E-state index contributed by atoms with van der Waals surface area (Å²) < 4.78 is 5.82. The third kappa shape index (κ3) is 4.62. The zero-order chi connectivity index (χ0) is 16.9. The zero-order valence-corrected chi connectivity index (χ0v) is 14.8. The Morgan fingerprint density at radius 3 is 2.32 bits per heavy atom. The number of benzene rings is 2. The number of hydrogen-bond acceptors (Lipinski definition) is 3. The van der Waals surface area contributed by atoms with Crippen LogP contribution < -0.4 is 10.1 Å². The number of piperidine rings is 1. The van der Waals surface area contributed by atoms with Crippen LogP contribution in [-0.4, -0.2) is 43.2 Å². The fraction of sp³-hybridized carbons (Fsp3) is 0.455. The minimum Gasteiger partial charge on any atom is -0.492 e. The number of hydrogen-bond donors (Lipinski definition) is 1. The molecule has 0 unspecified atom stereocenters. The summed E-state index contributed by atoms with van der Waals surface area (Å²) in [5.41, 5.74) is 1.50. The zero-order valence-electron chi connectivity index (χ0n) is 14.8. The van der Waals surface area contributed by atoms with Crippen LogP contribution in [0.1, 0.15) is 30.7 Å². The molecule has 2 aliphatic rings. The van der Waals surface area contributed by atoms with Crippen molar-refractivity contribution in [1.82, 2.24) is 10.2 Å². The Bertz CT molecular complexity index is 638. The topological polar surface area (TPSA) is 24.5 Å². The smallest absolute Gasteiger partial charge is 0.119 e. The van der Waals surface area contributed by atoms with E-state index in [1.807, 2.05) is 30.3 Å². The van der Waals surface area contributed by atoms with Gasteiger partial charge in [-0.25, -0.2) is 0 Å². The second-order valence-corrected chi connectivity index (χ2v) is 7.30. The minimum atomic E-state index is 0.685. The molecule has 0 amide bonds. The third-order valence-corrected chi connectivity index (χ3v) is 5.47. The van der Waals surface area contributed by atoms with Gasteiger partial charge in [-0.1, -0.05) is 48.5 Å². The summed E-state index contributed by atoms with van der Waals surface area (Å²) in [6, 6.07) is 22.4. The number of ether oxygens (including phenoxy) is 1. The van der Waals surface area contributed by atoms with Gasteiger partial charge in [0.2, 0.25) is 0 Å². The predicted molar refractivity (Wildman–Crippen MR) is 102 cm³/mol. The van der Waals surface area contributed by atoms with E-state index in [0.29, 0.717) is 12.1 Å². The van der Waals surface area contributed by atoms with Crippen LogP contribution in [-0.2, 0) is 0 Å². The molecule has 2 atom stereocenters. The lowest BCUT2D eigenvalue weighted by atomic mass is 10.0. The second kappa shape index (κ2) is 8.03. The number of nitrogens with zero attached hydrogens (tertiary/aromatic N) is 1. The van der Waals surface area contributed by atoms with Crippen LogP contribution in [0.15, 0.2) is 60.7 Å². The molecule has 1 heterocycles. The second-order valence-electron chi connectivity index (χ2n) is 7.30. The van der Waals surface area contributed by atoms with Gasteiger partial charge in [0.05, 0.1) is 0 Å². The van der Waals surface area contributed by atoms with Gasteiger partial charge in [-0.05, 0) is 50.0 Å². The SMILES string of the molecule is c1ccc(OCCN2CCC(N[C@@H]3C[C@H]3c3ccccc3)CC2)cc1. The van der Waals surface area contributed by atoms with E-state index < -0.39 is 0 Å². The molecule has 2 aromatic rings. The molecular weight excluding hydrogens is 308 g/mol. The van der Waals surface area contributed by atoms with Crippen molar-refractivity contribution in [3.05, 3.63) is 66.2 Å². The maximum Gasteiger partial charge on any atom is 0.119 e. The molecule has 4 rings (SSSR count). The Morgan fingerprint density at radius 2 is 1.60 bits per heavy atom. The molecule has 0 aromatic heterocycles. The minimum absolute atomic E-state index is 0.685. The van der Waals surface area contributed by atoms with Crippen molar-refractivity contribution in [1.29, 1.82) is 0 Å². The van der Waals surface area contributed by atoms with Gasteiger partial charge >= 0.3 is 0 Å². The molecule has 3 heteroatoms. The summed E-state index contributed by atoms with van der Waals surface area (Å²) in [6.45, 7) is 4.16. The maximum absolute atomic E-state index is 5.82. The van der Waals surface area contributed by atoms with Gasteiger partial charge in [0.1, 0.15) is 12.4 Å². The maximum atomic E-state index is 5.82. The van der Waals surface area contributed by atoms with Crippen molar-refractivity contribution >= 4 is 0 Å². The summed E-state index contributed by atoms with van der Waals surface area (Å²) in [5.74, 6) is 1.71. The van der Waals surface area contributed by atoms with Gasteiger partial charge < -0.3 is 10.1 Å². The Morgan fingerprint density at radius 1 is 0.920 bits per heavy atom. The van der Waals surface area contributed by atoms with Gasteiger partial charge in [-0.3, -0.25) is 4.90 Å². The first-order chi connectivity index (χ1) is 12.4. The molecule has 132 valence electrons. The van der Waals surface area contributed by atoms with Crippen LogP contribution in [0, 0.1) is 0 Å². The van der Waals surface area contributed by atoms with Crippen molar-refractivity contribution in [3.8, 4) is 5.75 Å². The third-order valence-electron chi connectivity index (χ3n) is 5.47. The van der Waals surface area contributed by atoms with Crippen LogP contribution in [0.5, 0.6) is 5.75 Å². The molecule has 2 fully saturated rings. The van der Waals surface area contributed by atoms with E-state index in [1.165, 1.54) is 37.9 Å². The summed E-state index contributed by atoms with van der Waals surface area (Å²) in [4.78, 5) is 2.53. The van der Waals surface area contributed by atoms with Gasteiger partial charge in [-0.2, -0.15) is 0 Å². The number of nitrogens with one attached hydrogen (secondary N) is 1. The lowest BCUT2D eigenvalue weighted by Crippen LogP contribution is -2.44. The van der Waals surface area contributed by atoms with Crippen molar-refractivity contribution in [2.45, 2.75) is 37.3 Å². The van der Waals surface area contributed by atoms with E-state index in [2.05, 4.69) is 40.5 Å². The fourth-order valence-electron chi connectivity index (χ4n) is 3.88. The monoisotopic (exact) mass is 336 g/mol. The van der Waals surface area contributed by atoms with Crippen molar-refractivity contribution in [2.24, 2.45) is 0 Å². The first kappa shape index (κ1) is 16.6. The van der Waals surface area contributed by atoms with Crippen LogP contribution in [0.3, 0.4) is 0 Å². The van der Waals surface area contributed by atoms with Crippen molar-refractivity contribution in [2.75, 3.05) is 26.2 Å². The summed E-state index contributed by atoms with van der Waals surface area (Å²) in [7, 11) is 0. The molecule has 1 aliphatic carbocycles. The molecule has 0 spiro atoms. The van der Waals surface area contributed by atoms with Crippen LogP contribution in [0.25, 0.3) is 0 Å². The summed E-state index contributed by atoms with van der Waals surface area (Å²) in [6.07, 6.45) is 3.81. The van der Waals surface area contributed by atoms with E-state index in [4.69, 9.17) is 4.74 Å². The molecule has 25 heavy (non-hydrogen) atoms. The Hall–Kier alpha value is -1.84. The van der Waals surface area contributed by atoms with E-state index in [9.17, 15) is 0 Å². The molecule has 2 aromatic carbocycles.